The van der Waals surface area contributed by atoms with Crippen LogP contribution in [-0.2, 0) is 0 Å². The Labute approximate surface area is 124 Å². The van der Waals surface area contributed by atoms with Crippen molar-refractivity contribution in [2.75, 3.05) is 0 Å². The highest BCUT2D eigenvalue weighted by Crippen LogP contribution is 2.33. The average molecular weight is 286 g/mol. The molecule has 2 aromatic rings. The van der Waals surface area contributed by atoms with Crippen LogP contribution < -0.4 is 4.74 Å². The first-order valence-electron chi connectivity index (χ1n) is 6.87. The third-order valence-electron chi connectivity index (χ3n) is 3.73. The Morgan fingerprint density at radius 3 is 2.24 bits per heavy atom. The highest BCUT2D eigenvalue weighted by atomic mass is 19.1. The fourth-order valence-corrected chi connectivity index (χ4v) is 2.21. The SMILES string of the molecule is CC(=O)c1cc(F)c(C)cc1Oc1c(C)ccc(C)c1C. The van der Waals surface area contributed by atoms with Crippen LogP contribution in [0.2, 0.25) is 0 Å². The van der Waals surface area contributed by atoms with Gasteiger partial charge in [0, 0.05) is 0 Å². The largest absolute Gasteiger partial charge is 0.456 e. The van der Waals surface area contributed by atoms with Crippen molar-refractivity contribution < 1.29 is 13.9 Å². The number of Topliss-reactive ketones (excluding diaryl/α,β-unsaturated/α-hetero) is 1. The summed E-state index contributed by atoms with van der Waals surface area (Å²) in [6, 6.07) is 6.82. The number of hydrogen-bond acceptors (Lipinski definition) is 2. The Morgan fingerprint density at radius 2 is 1.62 bits per heavy atom. The minimum Gasteiger partial charge on any atom is -0.456 e. The van der Waals surface area contributed by atoms with Crippen molar-refractivity contribution in [3.63, 3.8) is 0 Å². The Balaban J connectivity index is 2.57. The van der Waals surface area contributed by atoms with E-state index in [1.165, 1.54) is 13.0 Å². The van der Waals surface area contributed by atoms with Crippen molar-refractivity contribution in [1.29, 1.82) is 0 Å². The second-order valence-corrected chi connectivity index (χ2v) is 5.41. The minimum atomic E-state index is -0.398. The van der Waals surface area contributed by atoms with E-state index in [0.29, 0.717) is 11.3 Å². The molecule has 2 nitrogen and oxygen atoms in total. The van der Waals surface area contributed by atoms with Gasteiger partial charge in [0.2, 0.25) is 0 Å². The lowest BCUT2D eigenvalue weighted by molar-refractivity contribution is 0.101. The van der Waals surface area contributed by atoms with Crippen LogP contribution in [0.25, 0.3) is 0 Å². The van der Waals surface area contributed by atoms with Gasteiger partial charge in [0.15, 0.2) is 5.78 Å². The van der Waals surface area contributed by atoms with E-state index in [1.54, 1.807) is 13.0 Å². The van der Waals surface area contributed by atoms with E-state index >= 15 is 0 Å². The summed E-state index contributed by atoms with van der Waals surface area (Å²) in [4.78, 5) is 11.7. The van der Waals surface area contributed by atoms with Crippen molar-refractivity contribution in [1.82, 2.24) is 0 Å². The molecule has 110 valence electrons. The van der Waals surface area contributed by atoms with Crippen LogP contribution in [-0.4, -0.2) is 5.78 Å². The van der Waals surface area contributed by atoms with Gasteiger partial charge in [-0.25, -0.2) is 4.39 Å². The zero-order chi connectivity index (χ0) is 15.7. The van der Waals surface area contributed by atoms with Crippen molar-refractivity contribution in [3.8, 4) is 11.5 Å². The number of hydrogen-bond donors (Lipinski definition) is 0. The zero-order valence-electron chi connectivity index (χ0n) is 13.0. The smallest absolute Gasteiger partial charge is 0.163 e. The summed E-state index contributed by atoms with van der Waals surface area (Å²) in [5.41, 5.74) is 3.83. The van der Waals surface area contributed by atoms with Gasteiger partial charge >= 0.3 is 0 Å². The molecule has 0 spiro atoms. The number of carbonyl (C=O) groups excluding carboxylic acids is 1. The highest BCUT2D eigenvalue weighted by Gasteiger charge is 2.15. The van der Waals surface area contributed by atoms with Crippen molar-refractivity contribution in [3.05, 3.63) is 57.9 Å². The number of ether oxygens (including phenoxy) is 1. The van der Waals surface area contributed by atoms with Crippen LogP contribution in [0.3, 0.4) is 0 Å². The lowest BCUT2D eigenvalue weighted by Gasteiger charge is -2.16. The maximum absolute atomic E-state index is 13.7. The van der Waals surface area contributed by atoms with Crippen molar-refractivity contribution in [2.24, 2.45) is 0 Å². The number of halogens is 1. The summed E-state index contributed by atoms with van der Waals surface area (Å²) in [5, 5.41) is 0. The fraction of sp³-hybridized carbons (Fsp3) is 0.278. The summed E-state index contributed by atoms with van der Waals surface area (Å²) in [6.07, 6.45) is 0. The van der Waals surface area contributed by atoms with Gasteiger partial charge in [0.05, 0.1) is 5.56 Å². The summed E-state index contributed by atoms with van der Waals surface area (Å²) >= 11 is 0. The standard InChI is InChI=1S/C18H19FO2/c1-10-6-7-11(2)18(13(10)4)21-17-8-12(3)16(19)9-15(17)14(5)20/h6-9H,1-5H3. The Bertz CT molecular complexity index is 718. The number of ketones is 1. The molecule has 0 bridgehead atoms. The Morgan fingerprint density at radius 1 is 1.00 bits per heavy atom. The monoisotopic (exact) mass is 286 g/mol. The first kappa shape index (κ1) is 15.2. The molecule has 21 heavy (non-hydrogen) atoms. The molecule has 3 heteroatoms. The number of carbonyl (C=O) groups is 1. The maximum atomic E-state index is 13.7. The second-order valence-electron chi connectivity index (χ2n) is 5.41. The average Bonchev–Trinajstić information content (AvgIpc) is 2.42. The van der Waals surface area contributed by atoms with Gasteiger partial charge in [0.25, 0.3) is 0 Å². The lowest BCUT2D eigenvalue weighted by Crippen LogP contribution is -2.02. The predicted octanol–water partition coefficient (Wildman–Crippen LogP) is 5.05. The maximum Gasteiger partial charge on any atom is 0.163 e. The van der Waals surface area contributed by atoms with Gasteiger partial charge in [0.1, 0.15) is 17.3 Å². The van der Waals surface area contributed by atoms with Gasteiger partial charge in [-0.2, -0.15) is 0 Å². The van der Waals surface area contributed by atoms with Crippen LogP contribution in [0, 0.1) is 33.5 Å². The first-order valence-corrected chi connectivity index (χ1v) is 6.87. The third-order valence-corrected chi connectivity index (χ3v) is 3.73. The molecule has 2 rings (SSSR count). The molecule has 0 aliphatic rings. The van der Waals surface area contributed by atoms with Crippen molar-refractivity contribution in [2.45, 2.75) is 34.6 Å². The molecule has 0 saturated carbocycles. The van der Waals surface area contributed by atoms with E-state index in [2.05, 4.69) is 0 Å². The van der Waals surface area contributed by atoms with Crippen LogP contribution in [0.4, 0.5) is 4.39 Å². The van der Waals surface area contributed by atoms with Crippen LogP contribution in [0.15, 0.2) is 24.3 Å². The molecular weight excluding hydrogens is 267 g/mol. The number of aryl methyl sites for hydroxylation is 3. The van der Waals surface area contributed by atoms with E-state index < -0.39 is 5.82 Å². The fourth-order valence-electron chi connectivity index (χ4n) is 2.21. The molecule has 0 amide bonds. The molecule has 0 aliphatic carbocycles. The minimum absolute atomic E-state index is 0.216. The molecule has 0 atom stereocenters. The van der Waals surface area contributed by atoms with Gasteiger partial charge in [-0.05, 0) is 69.0 Å². The molecule has 0 unspecified atom stereocenters. The van der Waals surface area contributed by atoms with E-state index in [4.69, 9.17) is 4.74 Å². The summed E-state index contributed by atoms with van der Waals surface area (Å²) < 4.78 is 19.6. The zero-order valence-corrected chi connectivity index (χ0v) is 13.0. The van der Waals surface area contributed by atoms with Crippen LogP contribution in [0.5, 0.6) is 11.5 Å². The van der Waals surface area contributed by atoms with Crippen LogP contribution in [0.1, 0.15) is 39.5 Å². The van der Waals surface area contributed by atoms with E-state index in [-0.39, 0.29) is 11.3 Å². The normalized spacial score (nSPS) is 10.6. The van der Waals surface area contributed by atoms with Gasteiger partial charge in [-0.1, -0.05) is 12.1 Å². The molecule has 0 aromatic heterocycles. The summed E-state index contributed by atoms with van der Waals surface area (Å²) in [5.74, 6) is 0.513. The van der Waals surface area contributed by atoms with E-state index in [9.17, 15) is 9.18 Å². The van der Waals surface area contributed by atoms with Crippen molar-refractivity contribution >= 4 is 5.78 Å². The van der Waals surface area contributed by atoms with Gasteiger partial charge < -0.3 is 4.74 Å². The van der Waals surface area contributed by atoms with Gasteiger partial charge in [-0.15, -0.1) is 0 Å². The molecule has 0 N–H and O–H groups in total. The number of benzene rings is 2. The summed E-state index contributed by atoms with van der Waals surface area (Å²) in [6.45, 7) is 8.99. The molecular formula is C18H19FO2. The second kappa shape index (κ2) is 5.68. The molecule has 0 heterocycles. The number of rotatable bonds is 3. The predicted molar refractivity (Wildman–Crippen MR) is 81.9 cm³/mol. The topological polar surface area (TPSA) is 26.3 Å². The molecule has 0 radical (unpaired) electrons. The first-order chi connectivity index (χ1) is 9.81. The lowest BCUT2D eigenvalue weighted by atomic mass is 10.0. The molecule has 0 fully saturated rings. The Hall–Kier alpha value is -2.16. The highest BCUT2D eigenvalue weighted by molar-refractivity contribution is 5.97. The van der Waals surface area contributed by atoms with Gasteiger partial charge in [-0.3, -0.25) is 4.79 Å². The molecule has 2 aromatic carbocycles. The molecule has 0 saturated heterocycles. The Kier molecular flexibility index (Phi) is 4.12. The third kappa shape index (κ3) is 2.97. The van der Waals surface area contributed by atoms with Crippen LogP contribution >= 0.6 is 0 Å². The molecule has 0 aliphatic heterocycles. The van der Waals surface area contributed by atoms with E-state index in [0.717, 1.165) is 22.4 Å². The summed E-state index contributed by atoms with van der Waals surface area (Å²) in [7, 11) is 0. The quantitative estimate of drug-likeness (QED) is 0.738. The van der Waals surface area contributed by atoms with E-state index in [1.807, 2.05) is 32.9 Å².